The maximum atomic E-state index is 12.4. The van der Waals surface area contributed by atoms with Crippen molar-refractivity contribution in [3.05, 3.63) is 64.7 Å². The third kappa shape index (κ3) is 2.80. The quantitative estimate of drug-likeness (QED) is 0.657. The van der Waals surface area contributed by atoms with E-state index in [0.717, 1.165) is 0 Å². The number of benzene rings is 2. The first kappa shape index (κ1) is 14.8. The van der Waals surface area contributed by atoms with Crippen molar-refractivity contribution in [1.82, 2.24) is 0 Å². The number of rotatable bonds is 2. The van der Waals surface area contributed by atoms with Gasteiger partial charge in [-0.1, -0.05) is 29.8 Å². The number of hydrogen-bond donors (Lipinski definition) is 2. The molecule has 0 aromatic heterocycles. The molecule has 6 heteroatoms. The Hall–Kier alpha value is -3.10. The molecule has 112 valence electrons. The van der Waals surface area contributed by atoms with Crippen LogP contribution in [0.5, 0.6) is 0 Å². The predicted octanol–water partition coefficient (Wildman–Crippen LogP) is 3.21. The Balaban J connectivity index is 2.05. The number of nitrogens with zero attached hydrogens (tertiary/aromatic N) is 1. The van der Waals surface area contributed by atoms with Gasteiger partial charge in [0.15, 0.2) is 0 Å². The minimum atomic E-state index is -0.642. The molecule has 0 aliphatic carbocycles. The van der Waals surface area contributed by atoms with Gasteiger partial charge in [0.25, 0.3) is 11.8 Å². The van der Waals surface area contributed by atoms with Crippen molar-refractivity contribution >= 4 is 40.4 Å². The molecule has 0 unspecified atom stereocenters. The van der Waals surface area contributed by atoms with E-state index in [9.17, 15) is 14.9 Å². The number of nitrogens with one attached hydrogen (secondary N) is 2. The average molecular weight is 324 g/mol. The molecular formula is C17H10ClN3O2. The molecule has 0 spiro atoms. The zero-order valence-corrected chi connectivity index (χ0v) is 12.5. The molecule has 0 radical (unpaired) electrons. The predicted molar refractivity (Wildman–Crippen MR) is 87.7 cm³/mol. The van der Waals surface area contributed by atoms with Crippen molar-refractivity contribution in [2.75, 3.05) is 10.6 Å². The summed E-state index contributed by atoms with van der Waals surface area (Å²) in [5.41, 5.74) is 1.28. The highest BCUT2D eigenvalue weighted by Gasteiger charge is 2.30. The van der Waals surface area contributed by atoms with Crippen LogP contribution >= 0.6 is 11.6 Å². The van der Waals surface area contributed by atoms with Crippen LogP contribution in [0, 0.1) is 11.3 Å². The first-order valence-electron chi connectivity index (χ1n) is 6.72. The summed E-state index contributed by atoms with van der Waals surface area (Å²) >= 11 is 5.95. The van der Waals surface area contributed by atoms with Crippen molar-refractivity contribution < 1.29 is 9.59 Å². The summed E-state index contributed by atoms with van der Waals surface area (Å²) in [7, 11) is 0. The van der Waals surface area contributed by atoms with Gasteiger partial charge in [-0.05, 0) is 30.3 Å². The van der Waals surface area contributed by atoms with E-state index < -0.39 is 11.8 Å². The van der Waals surface area contributed by atoms with Crippen LogP contribution < -0.4 is 10.6 Å². The Labute approximate surface area is 137 Å². The molecule has 0 saturated heterocycles. The Kier molecular flexibility index (Phi) is 3.83. The summed E-state index contributed by atoms with van der Waals surface area (Å²) in [6, 6.07) is 15.3. The van der Waals surface area contributed by atoms with E-state index in [-0.39, 0.29) is 11.1 Å². The van der Waals surface area contributed by atoms with Crippen LogP contribution in [-0.2, 0) is 9.59 Å². The monoisotopic (exact) mass is 323 g/mol. The normalized spacial score (nSPS) is 14.5. The standard InChI is InChI=1S/C17H10ClN3O2/c18-10-6-7-14-12(8-10)15(17(23)21-14)13(9-19)16(22)20-11-4-2-1-3-5-11/h1-8H,(H,20,22)(H,21,23)/b15-13-. The minimum absolute atomic E-state index is 0.0263. The van der Waals surface area contributed by atoms with Gasteiger partial charge in [0.2, 0.25) is 0 Å². The number of hydrogen-bond acceptors (Lipinski definition) is 3. The molecule has 0 saturated carbocycles. The summed E-state index contributed by atoms with van der Waals surface area (Å²) < 4.78 is 0. The fourth-order valence-corrected chi connectivity index (χ4v) is 2.50. The van der Waals surface area contributed by atoms with E-state index in [1.807, 2.05) is 12.1 Å². The van der Waals surface area contributed by atoms with Crippen LogP contribution in [0.2, 0.25) is 5.02 Å². The summed E-state index contributed by atoms with van der Waals surface area (Å²) in [6.07, 6.45) is 0. The van der Waals surface area contributed by atoms with E-state index >= 15 is 0 Å². The lowest BCUT2D eigenvalue weighted by molar-refractivity contribution is -0.113. The first-order valence-corrected chi connectivity index (χ1v) is 7.10. The third-order valence-electron chi connectivity index (χ3n) is 3.35. The van der Waals surface area contributed by atoms with Gasteiger partial charge in [0.1, 0.15) is 11.6 Å². The van der Waals surface area contributed by atoms with E-state index in [4.69, 9.17) is 11.6 Å². The Bertz CT molecular complexity index is 882. The highest BCUT2D eigenvalue weighted by atomic mass is 35.5. The first-order chi connectivity index (χ1) is 11.1. The Morgan fingerprint density at radius 3 is 2.61 bits per heavy atom. The van der Waals surface area contributed by atoms with Gasteiger partial charge in [0, 0.05) is 22.0 Å². The van der Waals surface area contributed by atoms with Crippen molar-refractivity contribution in [3.8, 4) is 6.07 Å². The smallest absolute Gasteiger partial charge is 0.267 e. The second-order valence-electron chi connectivity index (χ2n) is 4.83. The van der Waals surface area contributed by atoms with Gasteiger partial charge in [-0.25, -0.2) is 0 Å². The lowest BCUT2D eigenvalue weighted by Gasteiger charge is -2.06. The summed E-state index contributed by atoms with van der Waals surface area (Å²) in [6.45, 7) is 0. The number of carbonyl (C=O) groups is 2. The number of fused-ring (bicyclic) bond motifs is 1. The minimum Gasteiger partial charge on any atom is -0.321 e. The molecule has 2 N–H and O–H groups in total. The van der Waals surface area contributed by atoms with E-state index in [0.29, 0.717) is 22.0 Å². The second-order valence-corrected chi connectivity index (χ2v) is 5.26. The van der Waals surface area contributed by atoms with Crippen LogP contribution in [0.15, 0.2) is 54.1 Å². The van der Waals surface area contributed by atoms with E-state index in [1.54, 1.807) is 42.5 Å². The average Bonchev–Trinajstić information content (AvgIpc) is 2.85. The van der Waals surface area contributed by atoms with Crippen LogP contribution in [0.25, 0.3) is 5.57 Å². The largest absolute Gasteiger partial charge is 0.321 e. The zero-order valence-electron chi connectivity index (χ0n) is 11.8. The molecule has 2 aromatic rings. The van der Waals surface area contributed by atoms with E-state index in [2.05, 4.69) is 10.6 Å². The van der Waals surface area contributed by atoms with Gasteiger partial charge in [-0.2, -0.15) is 5.26 Å². The van der Waals surface area contributed by atoms with Crippen molar-refractivity contribution in [1.29, 1.82) is 5.26 Å². The molecule has 0 fully saturated rings. The van der Waals surface area contributed by atoms with Crippen LogP contribution in [0.4, 0.5) is 11.4 Å². The molecule has 2 aromatic carbocycles. The van der Waals surface area contributed by atoms with Crippen LogP contribution in [0.1, 0.15) is 5.56 Å². The van der Waals surface area contributed by atoms with Gasteiger partial charge in [-0.15, -0.1) is 0 Å². The molecule has 23 heavy (non-hydrogen) atoms. The summed E-state index contributed by atoms with van der Waals surface area (Å²) in [4.78, 5) is 24.5. The van der Waals surface area contributed by atoms with Gasteiger partial charge in [-0.3, -0.25) is 9.59 Å². The summed E-state index contributed by atoms with van der Waals surface area (Å²) in [5.74, 6) is -1.14. The molecular weight excluding hydrogens is 314 g/mol. The highest BCUT2D eigenvalue weighted by molar-refractivity contribution is 6.38. The SMILES string of the molecule is N#C/C(C(=O)Nc1ccccc1)=C1/C(=O)Nc2ccc(Cl)cc21. The number of halogens is 1. The van der Waals surface area contributed by atoms with Crippen molar-refractivity contribution in [2.24, 2.45) is 0 Å². The lowest BCUT2D eigenvalue weighted by atomic mass is 10.0. The summed E-state index contributed by atoms with van der Waals surface area (Å²) in [5, 5.41) is 15.0. The van der Waals surface area contributed by atoms with Crippen molar-refractivity contribution in [2.45, 2.75) is 0 Å². The zero-order chi connectivity index (χ0) is 16.4. The number of carbonyl (C=O) groups excluding carboxylic acids is 2. The Morgan fingerprint density at radius 2 is 1.91 bits per heavy atom. The van der Waals surface area contributed by atoms with Gasteiger partial charge in [0.05, 0.1) is 5.57 Å². The fraction of sp³-hybridized carbons (Fsp3) is 0. The molecule has 1 heterocycles. The molecule has 5 nitrogen and oxygen atoms in total. The molecule has 2 amide bonds. The Morgan fingerprint density at radius 1 is 1.17 bits per heavy atom. The topological polar surface area (TPSA) is 82.0 Å². The maximum absolute atomic E-state index is 12.4. The van der Waals surface area contributed by atoms with Crippen LogP contribution in [-0.4, -0.2) is 11.8 Å². The van der Waals surface area contributed by atoms with Crippen LogP contribution in [0.3, 0.4) is 0 Å². The second kappa shape index (κ2) is 5.95. The highest BCUT2D eigenvalue weighted by Crippen LogP contribution is 2.35. The third-order valence-corrected chi connectivity index (χ3v) is 3.58. The van der Waals surface area contributed by atoms with Gasteiger partial charge >= 0.3 is 0 Å². The maximum Gasteiger partial charge on any atom is 0.267 e. The fourth-order valence-electron chi connectivity index (χ4n) is 2.32. The molecule has 0 bridgehead atoms. The molecule has 1 aliphatic rings. The lowest BCUT2D eigenvalue weighted by Crippen LogP contribution is -2.17. The molecule has 3 rings (SSSR count). The van der Waals surface area contributed by atoms with E-state index in [1.165, 1.54) is 0 Å². The van der Waals surface area contributed by atoms with Gasteiger partial charge < -0.3 is 10.6 Å². The molecule has 0 atom stereocenters. The molecule has 1 aliphatic heterocycles. The number of nitriles is 1. The number of para-hydroxylation sites is 1. The number of anilines is 2. The number of amides is 2. The van der Waals surface area contributed by atoms with Crippen molar-refractivity contribution in [3.63, 3.8) is 0 Å².